The molecule has 1 amide bonds. The second-order valence-electron chi connectivity index (χ2n) is 8.93. The molecule has 14 heteroatoms. The van der Waals surface area contributed by atoms with Crippen molar-refractivity contribution in [3.05, 3.63) is 58.1 Å². The number of nitro benzene ring substituents is 1. The number of amides is 1. The van der Waals surface area contributed by atoms with E-state index in [0.29, 0.717) is 24.4 Å². The van der Waals surface area contributed by atoms with Gasteiger partial charge in [-0.25, -0.2) is 16.8 Å². The zero-order valence-corrected chi connectivity index (χ0v) is 23.1. The molecule has 3 rings (SSSR count). The molecule has 1 unspecified atom stereocenters. The van der Waals surface area contributed by atoms with Gasteiger partial charge in [-0.3, -0.25) is 19.2 Å². The Morgan fingerprint density at radius 2 is 1.76 bits per heavy atom. The van der Waals surface area contributed by atoms with Crippen LogP contribution in [-0.2, 0) is 24.8 Å². The van der Waals surface area contributed by atoms with Crippen molar-refractivity contribution in [3.8, 4) is 5.75 Å². The smallest absolute Gasteiger partial charge is 0.271 e. The number of aryl methyl sites for hydroxylation is 1. The van der Waals surface area contributed by atoms with Gasteiger partial charge in [-0.2, -0.15) is 4.31 Å². The van der Waals surface area contributed by atoms with Crippen LogP contribution in [0.1, 0.15) is 31.7 Å². The normalized spacial score (nSPS) is 15.1. The van der Waals surface area contributed by atoms with Crippen LogP contribution in [0.4, 0.5) is 11.4 Å². The van der Waals surface area contributed by atoms with Crippen LogP contribution in [0.15, 0.2) is 47.4 Å². The zero-order chi connectivity index (χ0) is 28.1. The van der Waals surface area contributed by atoms with Gasteiger partial charge in [0.2, 0.25) is 26.0 Å². The quantitative estimate of drug-likeness (QED) is 0.232. The van der Waals surface area contributed by atoms with Crippen molar-refractivity contribution in [2.45, 2.75) is 44.0 Å². The summed E-state index contributed by atoms with van der Waals surface area (Å²) >= 11 is 0. The van der Waals surface area contributed by atoms with Crippen LogP contribution in [0.5, 0.6) is 5.75 Å². The Kier molecular flexibility index (Phi) is 9.33. The van der Waals surface area contributed by atoms with Crippen molar-refractivity contribution in [2.24, 2.45) is 0 Å². The molecule has 0 spiro atoms. The Labute approximate surface area is 222 Å². The van der Waals surface area contributed by atoms with E-state index in [2.05, 4.69) is 5.32 Å². The molecular weight excluding hydrogens is 536 g/mol. The van der Waals surface area contributed by atoms with Crippen LogP contribution in [0, 0.1) is 17.0 Å². The molecule has 2 aromatic rings. The number of anilines is 1. The summed E-state index contributed by atoms with van der Waals surface area (Å²) in [5, 5.41) is 13.9. The Morgan fingerprint density at radius 1 is 1.13 bits per heavy atom. The van der Waals surface area contributed by atoms with Crippen LogP contribution in [0.2, 0.25) is 0 Å². The Balaban J connectivity index is 1.64. The maximum atomic E-state index is 13.0. The molecular formula is C24H32N4O8S2. The summed E-state index contributed by atoms with van der Waals surface area (Å²) in [6, 6.07) is 8.73. The summed E-state index contributed by atoms with van der Waals surface area (Å²) in [7, 11) is -7.50. The lowest BCUT2D eigenvalue weighted by molar-refractivity contribution is -0.384. The van der Waals surface area contributed by atoms with Crippen molar-refractivity contribution in [1.82, 2.24) is 9.62 Å². The number of benzene rings is 2. The van der Waals surface area contributed by atoms with Crippen molar-refractivity contribution in [1.29, 1.82) is 0 Å². The third-order valence-corrected chi connectivity index (χ3v) is 9.25. The number of nitrogens with zero attached hydrogens (tertiary/aromatic N) is 3. The Morgan fingerprint density at radius 3 is 2.32 bits per heavy atom. The first kappa shape index (κ1) is 29.3. The first-order valence-corrected chi connectivity index (χ1v) is 15.4. The minimum atomic E-state index is -3.97. The van der Waals surface area contributed by atoms with Gasteiger partial charge in [0.25, 0.3) is 5.69 Å². The molecule has 1 fully saturated rings. The molecule has 1 saturated heterocycles. The second-order valence-corrected chi connectivity index (χ2v) is 12.7. The molecule has 12 nitrogen and oxygen atoms in total. The van der Waals surface area contributed by atoms with E-state index in [1.165, 1.54) is 40.7 Å². The number of hydrogen-bond acceptors (Lipinski definition) is 8. The van der Waals surface area contributed by atoms with Gasteiger partial charge in [-0.15, -0.1) is 0 Å². The van der Waals surface area contributed by atoms with Crippen LogP contribution in [0.3, 0.4) is 0 Å². The van der Waals surface area contributed by atoms with E-state index in [9.17, 15) is 31.7 Å². The first-order chi connectivity index (χ1) is 17.9. The molecule has 0 saturated carbocycles. The molecule has 2 aromatic carbocycles. The molecule has 208 valence electrons. The minimum Gasteiger partial charge on any atom is -0.492 e. The minimum absolute atomic E-state index is 0.0503. The maximum Gasteiger partial charge on any atom is 0.271 e. The molecule has 1 aliphatic rings. The largest absolute Gasteiger partial charge is 0.492 e. The lowest BCUT2D eigenvalue weighted by atomic mass is 10.1. The third-order valence-electron chi connectivity index (χ3n) is 6.17. The van der Waals surface area contributed by atoms with Crippen LogP contribution in [0.25, 0.3) is 0 Å². The van der Waals surface area contributed by atoms with E-state index in [1.54, 1.807) is 13.8 Å². The SMILES string of the molecule is CCC(C(=O)NCCOc1ccc(S(=O)(=O)N2CCCC2)cc1)N(c1cc([N+](=O)[O-])ccc1C)S(C)(=O)=O. The number of carbonyl (C=O) groups excluding carboxylic acids is 1. The fourth-order valence-corrected chi connectivity index (χ4v) is 7.01. The zero-order valence-electron chi connectivity index (χ0n) is 21.5. The van der Waals surface area contributed by atoms with Gasteiger partial charge in [-0.1, -0.05) is 13.0 Å². The van der Waals surface area contributed by atoms with Gasteiger partial charge >= 0.3 is 0 Å². The number of ether oxygens (including phenoxy) is 1. The highest BCUT2D eigenvalue weighted by Crippen LogP contribution is 2.30. The molecule has 0 aliphatic carbocycles. The summed E-state index contributed by atoms with van der Waals surface area (Å²) in [6.45, 7) is 4.37. The summed E-state index contributed by atoms with van der Waals surface area (Å²) < 4.78 is 58.6. The Bertz CT molecular complexity index is 1370. The van der Waals surface area contributed by atoms with E-state index in [1.807, 2.05) is 0 Å². The number of hydrogen-bond donors (Lipinski definition) is 1. The summed E-state index contributed by atoms with van der Waals surface area (Å²) in [5.74, 6) is -0.170. The van der Waals surface area contributed by atoms with Gasteiger partial charge in [0, 0.05) is 25.2 Å². The van der Waals surface area contributed by atoms with Gasteiger partial charge in [0.05, 0.1) is 28.3 Å². The fourth-order valence-electron chi connectivity index (χ4n) is 4.23. The summed E-state index contributed by atoms with van der Waals surface area (Å²) in [5.41, 5.74) is 0.233. The topological polar surface area (TPSA) is 156 Å². The standard InChI is InChI=1S/C24H32N4O8S2/c1-4-22(27(37(3,32)33)23-17-19(28(30)31)8-7-18(23)2)24(29)25-13-16-36-20-9-11-21(12-10-20)38(34,35)26-14-5-6-15-26/h7-12,17,22H,4-6,13-16H2,1-3H3,(H,25,29). The lowest BCUT2D eigenvalue weighted by Gasteiger charge is -2.31. The predicted molar refractivity (Wildman–Crippen MR) is 142 cm³/mol. The molecule has 1 atom stereocenters. The highest BCUT2D eigenvalue weighted by molar-refractivity contribution is 7.92. The number of nitro groups is 1. The molecule has 1 heterocycles. The van der Waals surface area contributed by atoms with Gasteiger partial charge in [0.15, 0.2) is 0 Å². The molecule has 1 aliphatic heterocycles. The second kappa shape index (κ2) is 12.1. The number of nitrogens with one attached hydrogen (secondary N) is 1. The van der Waals surface area contributed by atoms with Gasteiger partial charge in [-0.05, 0) is 56.0 Å². The van der Waals surface area contributed by atoms with Gasteiger partial charge < -0.3 is 10.1 Å². The van der Waals surface area contributed by atoms with Crippen LogP contribution < -0.4 is 14.4 Å². The molecule has 0 aromatic heterocycles. The summed E-state index contributed by atoms with van der Waals surface area (Å²) in [4.78, 5) is 23.8. The molecule has 0 radical (unpaired) electrons. The third kappa shape index (κ3) is 6.79. The average Bonchev–Trinajstić information content (AvgIpc) is 3.41. The van der Waals surface area contributed by atoms with E-state index < -0.39 is 36.9 Å². The van der Waals surface area contributed by atoms with Crippen LogP contribution in [-0.4, -0.2) is 70.5 Å². The fraction of sp³-hybridized carbons (Fsp3) is 0.458. The summed E-state index contributed by atoms with van der Waals surface area (Å²) in [6.07, 6.45) is 2.75. The van der Waals surface area contributed by atoms with Crippen molar-refractivity contribution in [3.63, 3.8) is 0 Å². The van der Waals surface area contributed by atoms with E-state index in [-0.39, 0.29) is 35.8 Å². The lowest BCUT2D eigenvalue weighted by Crippen LogP contribution is -2.50. The predicted octanol–water partition coefficient (Wildman–Crippen LogP) is 2.43. The molecule has 0 bridgehead atoms. The molecule has 38 heavy (non-hydrogen) atoms. The highest BCUT2D eigenvalue weighted by atomic mass is 32.2. The van der Waals surface area contributed by atoms with E-state index in [0.717, 1.165) is 29.5 Å². The number of sulfonamides is 2. The Hall–Kier alpha value is -3.23. The van der Waals surface area contributed by atoms with Crippen molar-refractivity contribution < 1.29 is 31.3 Å². The van der Waals surface area contributed by atoms with Crippen molar-refractivity contribution >= 4 is 37.3 Å². The monoisotopic (exact) mass is 568 g/mol. The van der Waals surface area contributed by atoms with Gasteiger partial charge in [0.1, 0.15) is 18.4 Å². The van der Waals surface area contributed by atoms with Crippen LogP contribution >= 0.6 is 0 Å². The highest BCUT2D eigenvalue weighted by Gasteiger charge is 2.33. The number of carbonyl (C=O) groups is 1. The van der Waals surface area contributed by atoms with E-state index >= 15 is 0 Å². The molecule has 1 N–H and O–H groups in total. The first-order valence-electron chi connectivity index (χ1n) is 12.1. The number of non-ortho nitro benzene ring substituents is 1. The maximum absolute atomic E-state index is 13.0. The van der Waals surface area contributed by atoms with Crippen molar-refractivity contribution in [2.75, 3.05) is 36.8 Å². The number of rotatable bonds is 12. The van der Waals surface area contributed by atoms with E-state index in [4.69, 9.17) is 4.74 Å². The average molecular weight is 569 g/mol.